The molecule has 0 unspecified atom stereocenters. The topological polar surface area (TPSA) is 103 Å². The van der Waals surface area contributed by atoms with Crippen molar-refractivity contribution in [1.82, 2.24) is 9.97 Å². The summed E-state index contributed by atoms with van der Waals surface area (Å²) in [5.41, 5.74) is -0.252. The lowest BCUT2D eigenvalue weighted by atomic mass is 10.0. The number of rotatable bonds is 9. The number of benzene rings is 2. The Kier molecular flexibility index (Phi) is 8.59. The number of fused-ring (bicyclic) bond motifs is 1. The van der Waals surface area contributed by atoms with E-state index in [0.29, 0.717) is 34.5 Å². The number of thiocarbonyl (C=S) groups is 1. The molecule has 11 heteroatoms. The number of nitrogens with zero attached hydrogens (tertiary/aromatic N) is 5. The summed E-state index contributed by atoms with van der Waals surface area (Å²) in [4.78, 5) is 24.3. The number of aromatic nitrogens is 2. The van der Waals surface area contributed by atoms with Crippen LogP contribution >= 0.6 is 12.2 Å². The van der Waals surface area contributed by atoms with Crippen molar-refractivity contribution in [3.63, 3.8) is 0 Å². The minimum Gasteiger partial charge on any atom is -0.475 e. The van der Waals surface area contributed by atoms with E-state index in [0.717, 1.165) is 13.2 Å². The van der Waals surface area contributed by atoms with Crippen LogP contribution in [0.25, 0.3) is 10.9 Å². The van der Waals surface area contributed by atoms with Crippen molar-refractivity contribution in [2.75, 3.05) is 30.1 Å². The minimum absolute atomic E-state index is 0.0350. The van der Waals surface area contributed by atoms with Crippen LogP contribution in [0.15, 0.2) is 36.4 Å². The Bertz CT molecular complexity index is 1400. The van der Waals surface area contributed by atoms with Gasteiger partial charge in [0.15, 0.2) is 5.11 Å². The van der Waals surface area contributed by atoms with Crippen LogP contribution in [0, 0.1) is 11.3 Å². The first kappa shape index (κ1) is 28.8. The van der Waals surface area contributed by atoms with Crippen molar-refractivity contribution in [2.24, 2.45) is 0 Å². The standard InChI is InChI=1S/C27H29F2N5O3S/c1-6-23-31-22-10-9-19(13-20(22)24(32-23)37-12-11-35)34(26(2,3)16-36)25(38)33(5)18-8-7-17(15-30)21(14-18)27(4,28)29/h7-10,13-14,16,35H,6,11-12H2,1-5H3. The second kappa shape index (κ2) is 11.3. The molecule has 2 aromatic carbocycles. The lowest BCUT2D eigenvalue weighted by Gasteiger charge is -2.40. The molecule has 8 nitrogen and oxygen atoms in total. The molecule has 0 atom stereocenters. The van der Waals surface area contributed by atoms with Gasteiger partial charge >= 0.3 is 0 Å². The Morgan fingerprint density at radius 3 is 2.45 bits per heavy atom. The smallest absolute Gasteiger partial charge is 0.271 e. The molecular formula is C27H29F2N5O3S. The molecule has 200 valence electrons. The average molecular weight is 542 g/mol. The number of nitriles is 1. The highest BCUT2D eigenvalue weighted by atomic mass is 32.1. The quantitative estimate of drug-likeness (QED) is 0.304. The summed E-state index contributed by atoms with van der Waals surface area (Å²) < 4.78 is 34.2. The molecule has 3 rings (SSSR count). The Balaban J connectivity index is 2.15. The second-order valence-electron chi connectivity index (χ2n) is 9.25. The van der Waals surface area contributed by atoms with Crippen molar-refractivity contribution >= 4 is 45.9 Å². The number of hydrogen-bond donors (Lipinski definition) is 1. The average Bonchev–Trinajstić information content (AvgIpc) is 2.90. The first-order chi connectivity index (χ1) is 17.9. The van der Waals surface area contributed by atoms with Crippen LogP contribution in [-0.2, 0) is 17.1 Å². The van der Waals surface area contributed by atoms with E-state index in [1.54, 1.807) is 50.1 Å². The largest absolute Gasteiger partial charge is 0.475 e. The molecule has 0 amide bonds. The molecule has 1 N–H and O–H groups in total. The van der Waals surface area contributed by atoms with E-state index in [-0.39, 0.29) is 29.8 Å². The molecule has 38 heavy (non-hydrogen) atoms. The first-order valence-electron chi connectivity index (χ1n) is 11.9. The lowest BCUT2D eigenvalue weighted by molar-refractivity contribution is -0.111. The zero-order valence-electron chi connectivity index (χ0n) is 21.8. The van der Waals surface area contributed by atoms with Gasteiger partial charge in [-0.3, -0.25) is 0 Å². The van der Waals surface area contributed by atoms with E-state index in [9.17, 15) is 23.9 Å². The number of ether oxygens (including phenoxy) is 1. The van der Waals surface area contributed by atoms with E-state index in [4.69, 9.17) is 17.0 Å². The summed E-state index contributed by atoms with van der Waals surface area (Å²) in [6.07, 6.45) is 1.32. The number of alkyl halides is 2. The molecule has 0 spiro atoms. The van der Waals surface area contributed by atoms with Gasteiger partial charge in [0.1, 0.15) is 18.7 Å². The van der Waals surface area contributed by atoms with Crippen molar-refractivity contribution in [3.8, 4) is 11.9 Å². The van der Waals surface area contributed by atoms with Crippen LogP contribution in [0.2, 0.25) is 0 Å². The van der Waals surface area contributed by atoms with Gasteiger partial charge in [-0.25, -0.2) is 13.8 Å². The molecule has 0 aliphatic rings. The zero-order chi connectivity index (χ0) is 28.3. The zero-order valence-corrected chi connectivity index (χ0v) is 22.6. The first-order valence-corrected chi connectivity index (χ1v) is 12.3. The van der Waals surface area contributed by atoms with Gasteiger partial charge in [-0.15, -0.1) is 0 Å². The highest BCUT2D eigenvalue weighted by Crippen LogP contribution is 2.35. The summed E-state index contributed by atoms with van der Waals surface area (Å²) in [5.74, 6) is -2.39. The fourth-order valence-corrected chi connectivity index (χ4v) is 4.33. The third-order valence-corrected chi connectivity index (χ3v) is 6.38. The number of carbonyl (C=O) groups is 1. The number of halogens is 2. The molecule has 0 saturated heterocycles. The molecule has 0 aliphatic heterocycles. The maximum atomic E-state index is 14.2. The third-order valence-electron chi connectivity index (χ3n) is 5.92. The van der Waals surface area contributed by atoms with Crippen LogP contribution in [0.5, 0.6) is 5.88 Å². The van der Waals surface area contributed by atoms with Crippen molar-refractivity contribution in [2.45, 2.75) is 45.6 Å². The van der Waals surface area contributed by atoms with Crippen LogP contribution in [0.3, 0.4) is 0 Å². The van der Waals surface area contributed by atoms with E-state index in [2.05, 4.69) is 9.97 Å². The Hall–Kier alpha value is -3.75. The predicted octanol–water partition coefficient (Wildman–Crippen LogP) is 4.75. The van der Waals surface area contributed by atoms with E-state index in [1.165, 1.54) is 23.1 Å². The Labute approximate surface area is 225 Å². The second-order valence-corrected chi connectivity index (χ2v) is 9.62. The predicted molar refractivity (Wildman–Crippen MR) is 146 cm³/mol. The summed E-state index contributed by atoms with van der Waals surface area (Å²) in [6.45, 7) is 5.83. The van der Waals surface area contributed by atoms with Gasteiger partial charge in [0, 0.05) is 37.3 Å². The molecule has 0 fully saturated rings. The molecule has 0 bridgehead atoms. The number of anilines is 2. The van der Waals surface area contributed by atoms with Crippen LogP contribution in [0.1, 0.15) is 44.6 Å². The maximum Gasteiger partial charge on any atom is 0.271 e. The Morgan fingerprint density at radius 1 is 1.18 bits per heavy atom. The van der Waals surface area contributed by atoms with Gasteiger partial charge in [-0.2, -0.15) is 10.2 Å². The Morgan fingerprint density at radius 2 is 1.87 bits per heavy atom. The van der Waals surface area contributed by atoms with Crippen molar-refractivity contribution in [3.05, 3.63) is 53.3 Å². The maximum absolute atomic E-state index is 14.2. The van der Waals surface area contributed by atoms with Crippen molar-refractivity contribution in [1.29, 1.82) is 5.26 Å². The van der Waals surface area contributed by atoms with Gasteiger partial charge in [0.05, 0.1) is 34.7 Å². The number of aryl methyl sites for hydroxylation is 1. The molecule has 1 heterocycles. The third kappa shape index (κ3) is 5.87. The van der Waals surface area contributed by atoms with Crippen LogP contribution in [0.4, 0.5) is 20.2 Å². The minimum atomic E-state index is -3.24. The fourth-order valence-electron chi connectivity index (χ4n) is 3.89. The number of hydrogen-bond acceptors (Lipinski definition) is 7. The number of aliphatic hydroxyl groups is 1. The van der Waals surface area contributed by atoms with E-state index >= 15 is 0 Å². The fraction of sp³-hybridized carbons (Fsp3) is 0.370. The summed E-state index contributed by atoms with van der Waals surface area (Å²) in [7, 11) is 1.60. The van der Waals surface area contributed by atoms with E-state index in [1.807, 2.05) is 6.92 Å². The SMILES string of the molecule is CCc1nc(OCCO)c2cc(N(C(=S)N(C)c3ccc(C#N)c(C(C)(F)F)c3)C(C)(C)C=O)ccc2n1. The summed E-state index contributed by atoms with van der Waals surface area (Å²) in [5, 5.41) is 19.2. The van der Waals surface area contributed by atoms with Crippen LogP contribution in [-0.4, -0.2) is 52.3 Å². The molecule has 0 aliphatic carbocycles. The number of carbonyl (C=O) groups excluding carboxylic acids is 1. The summed E-state index contributed by atoms with van der Waals surface area (Å²) >= 11 is 5.78. The normalized spacial score (nSPS) is 11.7. The number of aldehydes is 1. The van der Waals surface area contributed by atoms with Gasteiger partial charge in [0.25, 0.3) is 5.92 Å². The van der Waals surface area contributed by atoms with E-state index < -0.39 is 17.0 Å². The monoisotopic (exact) mass is 541 g/mol. The van der Waals surface area contributed by atoms with Crippen LogP contribution < -0.4 is 14.5 Å². The molecule has 1 aromatic heterocycles. The van der Waals surface area contributed by atoms with Gasteiger partial charge in [-0.1, -0.05) is 6.92 Å². The van der Waals surface area contributed by atoms with Gasteiger partial charge in [0.2, 0.25) is 5.88 Å². The highest BCUT2D eigenvalue weighted by Gasteiger charge is 2.34. The molecular weight excluding hydrogens is 512 g/mol. The lowest BCUT2D eigenvalue weighted by Crippen LogP contribution is -2.54. The van der Waals surface area contributed by atoms with Crippen molar-refractivity contribution < 1.29 is 23.4 Å². The summed E-state index contributed by atoms with van der Waals surface area (Å²) in [6, 6.07) is 11.1. The van der Waals surface area contributed by atoms with Gasteiger partial charge in [-0.05, 0) is 62.5 Å². The molecule has 0 saturated carbocycles. The highest BCUT2D eigenvalue weighted by molar-refractivity contribution is 7.80. The molecule has 3 aromatic rings. The van der Waals surface area contributed by atoms with Gasteiger partial charge < -0.3 is 24.4 Å². The number of aliphatic hydroxyl groups excluding tert-OH is 1. The molecule has 0 radical (unpaired) electrons.